The van der Waals surface area contributed by atoms with Gasteiger partial charge >= 0.3 is 0 Å². The van der Waals surface area contributed by atoms with E-state index in [0.717, 1.165) is 22.6 Å². The molecule has 5 heteroatoms. The van der Waals surface area contributed by atoms with Gasteiger partial charge in [0, 0.05) is 40.5 Å². The molecular formula is C23H46CoNP2Si-. The van der Waals surface area contributed by atoms with Gasteiger partial charge in [-0.05, 0) is 34.8 Å². The minimum atomic E-state index is -0.861. The molecule has 0 aromatic carbocycles. The predicted octanol–water partition coefficient (Wildman–Crippen LogP) is 8.37. The zero-order valence-electron chi connectivity index (χ0n) is 20.3. The fourth-order valence-electron chi connectivity index (χ4n) is 3.00. The van der Waals surface area contributed by atoms with Crippen molar-refractivity contribution < 1.29 is 16.8 Å². The number of nitrogens with zero attached hydrogens (tertiary/aromatic N) is 1. The van der Waals surface area contributed by atoms with E-state index in [9.17, 15) is 0 Å². The molecule has 0 unspecified atom stereocenters. The Morgan fingerprint density at radius 2 is 1.00 bits per heavy atom. The standard InChI is InChI=1S/C19H35NP2.C4H11Si.Co/c1-14(2)21(15(3)4)12-18-10-9-11-19(20-18)13-22(16(5)6)17(7)8;1-5(2,3)4;/h9-11,14-17H,12-13H2,1-8H3;1H2,2-4H3;/q;-1;. The fraction of sp³-hybridized carbons (Fsp3) is 0.739. The average molecular weight is 486 g/mol. The summed E-state index contributed by atoms with van der Waals surface area (Å²) in [6.45, 7) is 29.5. The van der Waals surface area contributed by atoms with E-state index >= 15 is 0 Å². The Hall–Kier alpha value is 0.733. The second-order valence-electron chi connectivity index (χ2n) is 9.90. The molecule has 0 fully saturated rings. The van der Waals surface area contributed by atoms with Gasteiger partial charge in [-0.15, -0.1) is 8.07 Å². The summed E-state index contributed by atoms with van der Waals surface area (Å²) in [7, 11) is -0.801. The summed E-state index contributed by atoms with van der Waals surface area (Å²) in [5.41, 5.74) is 5.75. The molecule has 0 saturated heterocycles. The van der Waals surface area contributed by atoms with Gasteiger partial charge < -0.3 is 6.55 Å². The van der Waals surface area contributed by atoms with Gasteiger partial charge in [0.2, 0.25) is 0 Å². The molecule has 0 aliphatic heterocycles. The van der Waals surface area contributed by atoms with Crippen LogP contribution in [0.1, 0.15) is 66.8 Å². The van der Waals surface area contributed by atoms with E-state index < -0.39 is 8.07 Å². The predicted molar refractivity (Wildman–Crippen MR) is 135 cm³/mol. The molecule has 1 aromatic heterocycles. The molecule has 0 atom stereocenters. The third-order valence-electron chi connectivity index (χ3n) is 4.21. The third kappa shape index (κ3) is 14.7. The molecule has 0 amide bonds. The molecule has 1 heterocycles. The van der Waals surface area contributed by atoms with Crippen LogP contribution in [0.15, 0.2) is 18.2 Å². The Kier molecular flexibility index (Phi) is 16.2. The summed E-state index contributed by atoms with van der Waals surface area (Å²) in [6.07, 6.45) is 2.36. The number of aromatic nitrogens is 1. The summed E-state index contributed by atoms with van der Waals surface area (Å²) < 4.78 is 0. The third-order valence-corrected chi connectivity index (χ3v) is 10.9. The molecule has 0 bridgehead atoms. The molecular weight excluding hydrogens is 439 g/mol. The van der Waals surface area contributed by atoms with Gasteiger partial charge in [-0.2, -0.15) is 0 Å². The van der Waals surface area contributed by atoms with E-state index in [2.05, 4.69) is 99.8 Å². The number of hydrogen-bond donors (Lipinski definition) is 0. The van der Waals surface area contributed by atoms with Crippen molar-refractivity contribution in [2.45, 2.75) is 110 Å². The smallest absolute Gasteiger partial charge is 0.0450 e. The first-order chi connectivity index (χ1) is 12.2. The summed E-state index contributed by atoms with van der Waals surface area (Å²) in [5, 5.41) is 0. The van der Waals surface area contributed by atoms with E-state index in [1.807, 2.05) is 0 Å². The van der Waals surface area contributed by atoms with Crippen LogP contribution in [0, 0.1) is 6.55 Å². The first-order valence-corrected chi connectivity index (χ1v) is 17.6. The van der Waals surface area contributed by atoms with Gasteiger partial charge in [0.1, 0.15) is 0 Å². The topological polar surface area (TPSA) is 12.9 Å². The average Bonchev–Trinajstić information content (AvgIpc) is 2.47. The molecule has 0 N–H and O–H groups in total. The van der Waals surface area contributed by atoms with Crippen LogP contribution < -0.4 is 0 Å². The molecule has 0 aliphatic carbocycles. The van der Waals surface area contributed by atoms with Gasteiger partial charge in [0.05, 0.1) is 0 Å². The van der Waals surface area contributed by atoms with Crippen molar-refractivity contribution in [2.75, 3.05) is 0 Å². The Labute approximate surface area is 191 Å². The Morgan fingerprint density at radius 1 is 0.750 bits per heavy atom. The maximum Gasteiger partial charge on any atom is 0.0450 e. The van der Waals surface area contributed by atoms with Crippen molar-refractivity contribution in [1.82, 2.24) is 4.98 Å². The second kappa shape index (κ2) is 14.7. The van der Waals surface area contributed by atoms with E-state index in [0.29, 0.717) is 0 Å². The second-order valence-corrected chi connectivity index (χ2v) is 21.8. The first kappa shape index (κ1) is 30.9. The van der Waals surface area contributed by atoms with Crippen LogP contribution >= 0.6 is 15.8 Å². The molecule has 1 aromatic rings. The molecule has 0 aliphatic rings. The van der Waals surface area contributed by atoms with Crippen molar-refractivity contribution in [3.05, 3.63) is 36.1 Å². The largest absolute Gasteiger partial charge is 0.342 e. The number of rotatable bonds is 8. The zero-order valence-corrected chi connectivity index (χ0v) is 24.2. The SMILES string of the molecule is CC(C)P(Cc1cccc(CP(C(C)C)C(C)C)n1)C(C)C.[CH2-][Si](C)(C)C.[Co]. The fourth-order valence-corrected chi connectivity index (χ4v) is 7.95. The summed E-state index contributed by atoms with van der Waals surface area (Å²) in [6, 6.07) is 6.69. The van der Waals surface area contributed by atoms with Crippen LogP contribution in [0.25, 0.3) is 0 Å². The van der Waals surface area contributed by atoms with Crippen LogP contribution in [-0.4, -0.2) is 35.7 Å². The summed E-state index contributed by atoms with van der Waals surface area (Å²) in [5.74, 6) is 0. The Morgan fingerprint density at radius 3 is 1.21 bits per heavy atom. The Balaban J connectivity index is 0. The normalized spacial score (nSPS) is 12.1. The zero-order chi connectivity index (χ0) is 21.4. The Bertz CT molecular complexity index is 468. The van der Waals surface area contributed by atoms with Crippen molar-refractivity contribution in [2.24, 2.45) is 0 Å². The minimum Gasteiger partial charge on any atom is -0.342 e. The van der Waals surface area contributed by atoms with E-state index in [1.165, 1.54) is 23.7 Å². The van der Waals surface area contributed by atoms with E-state index in [1.54, 1.807) is 0 Å². The van der Waals surface area contributed by atoms with Crippen LogP contribution in [0.5, 0.6) is 0 Å². The van der Waals surface area contributed by atoms with Gasteiger partial charge in [-0.1, -0.05) is 96.9 Å². The molecule has 28 heavy (non-hydrogen) atoms. The molecule has 1 rings (SSSR count). The first-order valence-electron chi connectivity index (χ1n) is 10.5. The monoisotopic (exact) mass is 485 g/mol. The number of pyridine rings is 1. The molecule has 1 radical (unpaired) electrons. The quantitative estimate of drug-likeness (QED) is 0.205. The van der Waals surface area contributed by atoms with E-state index in [4.69, 9.17) is 4.98 Å². The van der Waals surface area contributed by atoms with Crippen LogP contribution in [0.3, 0.4) is 0 Å². The number of hydrogen-bond acceptors (Lipinski definition) is 1. The molecule has 0 saturated carbocycles. The summed E-state index contributed by atoms with van der Waals surface area (Å²) >= 11 is 0. The van der Waals surface area contributed by atoms with Crippen molar-refractivity contribution in [1.29, 1.82) is 0 Å². The summed E-state index contributed by atoms with van der Waals surface area (Å²) in [4.78, 5) is 5.01. The van der Waals surface area contributed by atoms with Gasteiger partial charge in [-0.25, -0.2) is 0 Å². The van der Waals surface area contributed by atoms with Crippen molar-refractivity contribution >= 4 is 23.9 Å². The van der Waals surface area contributed by atoms with Crippen LogP contribution in [0.4, 0.5) is 0 Å². The molecule has 167 valence electrons. The van der Waals surface area contributed by atoms with E-state index in [-0.39, 0.29) is 32.6 Å². The maximum absolute atomic E-state index is 5.01. The van der Waals surface area contributed by atoms with Crippen molar-refractivity contribution in [3.63, 3.8) is 0 Å². The van der Waals surface area contributed by atoms with Gasteiger partial charge in [0.25, 0.3) is 0 Å². The minimum absolute atomic E-state index is 0. The molecule has 0 spiro atoms. The van der Waals surface area contributed by atoms with Gasteiger partial charge in [-0.3, -0.25) is 4.98 Å². The van der Waals surface area contributed by atoms with Crippen molar-refractivity contribution in [3.8, 4) is 0 Å². The molecule has 1 nitrogen and oxygen atoms in total. The van der Waals surface area contributed by atoms with Crippen LogP contribution in [0.2, 0.25) is 19.6 Å². The maximum atomic E-state index is 5.01. The van der Waals surface area contributed by atoms with Gasteiger partial charge in [0.15, 0.2) is 0 Å². The van der Waals surface area contributed by atoms with Crippen LogP contribution in [-0.2, 0) is 29.1 Å².